The molecule has 0 spiro atoms. The number of nitrogens with one attached hydrogen (secondary N) is 1. The summed E-state index contributed by atoms with van der Waals surface area (Å²) < 4.78 is 23.0. The van der Waals surface area contributed by atoms with Crippen LogP contribution in [0, 0.1) is 0 Å². The zero-order valence-electron chi connectivity index (χ0n) is 6.46. The van der Waals surface area contributed by atoms with Gasteiger partial charge in [-0.1, -0.05) is 6.08 Å². The molecule has 3 N–H and O–H groups in total. The highest BCUT2D eigenvalue weighted by molar-refractivity contribution is 14.0. The van der Waals surface area contributed by atoms with Gasteiger partial charge >= 0.3 is 0 Å². The molecule has 0 aromatic rings. The minimum atomic E-state index is -2.45. The van der Waals surface area contributed by atoms with E-state index in [1.54, 1.807) is 6.08 Å². The maximum absolute atomic E-state index is 11.5. The van der Waals surface area contributed by atoms with Gasteiger partial charge in [0, 0.05) is 6.54 Å². The molecule has 0 saturated heterocycles. The summed E-state index contributed by atoms with van der Waals surface area (Å²) in [6, 6.07) is 0. The van der Waals surface area contributed by atoms with Gasteiger partial charge in [0.15, 0.2) is 5.96 Å². The lowest BCUT2D eigenvalue weighted by Crippen LogP contribution is -2.32. The Kier molecular flexibility index (Phi) is 10.2. The fourth-order valence-electron chi connectivity index (χ4n) is 0.400. The van der Waals surface area contributed by atoms with Gasteiger partial charge in [0.25, 0.3) is 6.43 Å². The van der Waals surface area contributed by atoms with Gasteiger partial charge < -0.3 is 11.1 Å². The number of halogens is 3. The molecule has 0 aliphatic heterocycles. The number of hydrogen-bond donors (Lipinski definition) is 2. The lowest BCUT2D eigenvalue weighted by Gasteiger charge is -2.00. The van der Waals surface area contributed by atoms with Crippen molar-refractivity contribution in [3.05, 3.63) is 12.7 Å². The summed E-state index contributed by atoms with van der Waals surface area (Å²) in [7, 11) is 0. The molecule has 0 heterocycles. The largest absolute Gasteiger partial charge is 0.370 e. The predicted octanol–water partition coefficient (Wildman–Crippen LogP) is 0.960. The summed E-state index contributed by atoms with van der Waals surface area (Å²) in [5, 5.41) is 2.56. The van der Waals surface area contributed by atoms with Crippen LogP contribution in [0.4, 0.5) is 8.78 Å². The van der Waals surface area contributed by atoms with Crippen molar-refractivity contribution in [3.63, 3.8) is 0 Å². The average molecular weight is 291 g/mol. The van der Waals surface area contributed by atoms with Gasteiger partial charge in [-0.3, -0.25) is 0 Å². The van der Waals surface area contributed by atoms with Crippen LogP contribution in [0.15, 0.2) is 17.6 Å². The molecule has 0 atom stereocenters. The third-order valence-corrected chi connectivity index (χ3v) is 0.827. The average Bonchev–Trinajstić information content (AvgIpc) is 1.97. The zero-order valence-corrected chi connectivity index (χ0v) is 8.80. The first-order valence-electron chi connectivity index (χ1n) is 3.09. The molecule has 0 aliphatic carbocycles. The lowest BCUT2D eigenvalue weighted by molar-refractivity contribution is 0.158. The van der Waals surface area contributed by atoms with E-state index in [2.05, 4.69) is 16.9 Å². The smallest absolute Gasteiger partial charge is 0.257 e. The van der Waals surface area contributed by atoms with E-state index in [4.69, 9.17) is 5.73 Å². The van der Waals surface area contributed by atoms with Crippen molar-refractivity contribution in [2.24, 2.45) is 10.7 Å². The number of aliphatic imine (C=N–C) groups is 1. The summed E-state index contributed by atoms with van der Waals surface area (Å²) in [6.07, 6.45) is -0.885. The van der Waals surface area contributed by atoms with Crippen molar-refractivity contribution in [1.82, 2.24) is 5.32 Å². The minimum absolute atomic E-state index is 0. The highest BCUT2D eigenvalue weighted by Crippen LogP contribution is 1.90. The van der Waals surface area contributed by atoms with E-state index < -0.39 is 13.0 Å². The van der Waals surface area contributed by atoms with Gasteiger partial charge in [-0.15, -0.1) is 30.6 Å². The number of rotatable bonds is 4. The van der Waals surface area contributed by atoms with E-state index in [1.165, 1.54) is 0 Å². The van der Waals surface area contributed by atoms with Gasteiger partial charge in [-0.05, 0) is 0 Å². The van der Waals surface area contributed by atoms with Crippen LogP contribution >= 0.6 is 24.0 Å². The van der Waals surface area contributed by atoms with Gasteiger partial charge in [0.05, 0.1) is 0 Å². The second-order valence-electron chi connectivity index (χ2n) is 1.79. The highest BCUT2D eigenvalue weighted by Gasteiger charge is 1.99. The molecule has 0 fully saturated rings. The Bertz CT molecular complexity index is 150. The number of nitrogens with zero attached hydrogens (tertiary/aromatic N) is 1. The van der Waals surface area contributed by atoms with E-state index in [1.807, 2.05) is 0 Å². The van der Waals surface area contributed by atoms with Crippen molar-refractivity contribution in [2.45, 2.75) is 6.43 Å². The third-order valence-electron chi connectivity index (χ3n) is 0.827. The van der Waals surface area contributed by atoms with Crippen LogP contribution in [0.3, 0.4) is 0 Å². The molecule has 3 nitrogen and oxygen atoms in total. The van der Waals surface area contributed by atoms with Gasteiger partial charge in [-0.25, -0.2) is 13.8 Å². The second-order valence-corrected chi connectivity index (χ2v) is 1.79. The first kappa shape index (κ1) is 14.1. The molecule has 0 saturated carbocycles. The van der Waals surface area contributed by atoms with Crippen molar-refractivity contribution < 1.29 is 8.78 Å². The Morgan fingerprint density at radius 2 is 2.25 bits per heavy atom. The predicted molar refractivity (Wildman–Crippen MR) is 56.1 cm³/mol. The van der Waals surface area contributed by atoms with Crippen molar-refractivity contribution >= 4 is 29.9 Å². The highest BCUT2D eigenvalue weighted by atomic mass is 127. The molecular weight excluding hydrogens is 279 g/mol. The molecule has 12 heavy (non-hydrogen) atoms. The molecule has 0 aromatic heterocycles. The number of hydrogen-bond acceptors (Lipinski definition) is 1. The Balaban J connectivity index is 0. The summed E-state index contributed by atoms with van der Waals surface area (Å²) in [4.78, 5) is 3.35. The maximum Gasteiger partial charge on any atom is 0.257 e. The van der Waals surface area contributed by atoms with E-state index in [-0.39, 0.29) is 29.9 Å². The van der Waals surface area contributed by atoms with Crippen molar-refractivity contribution in [3.8, 4) is 0 Å². The minimum Gasteiger partial charge on any atom is -0.370 e. The summed E-state index contributed by atoms with van der Waals surface area (Å²) in [5.41, 5.74) is 5.17. The first-order chi connectivity index (χ1) is 5.16. The molecule has 0 amide bonds. The van der Waals surface area contributed by atoms with Crippen molar-refractivity contribution in [1.29, 1.82) is 0 Å². The van der Waals surface area contributed by atoms with Crippen LogP contribution in [-0.4, -0.2) is 25.5 Å². The van der Waals surface area contributed by atoms with E-state index in [0.29, 0.717) is 6.54 Å². The Hall–Kier alpha value is -0.400. The van der Waals surface area contributed by atoms with Crippen LogP contribution in [0.25, 0.3) is 0 Å². The Morgan fingerprint density at radius 3 is 2.67 bits per heavy atom. The summed E-state index contributed by atoms with van der Waals surface area (Å²) >= 11 is 0. The molecular formula is C6H12F2IN3. The van der Waals surface area contributed by atoms with Crippen LogP contribution < -0.4 is 11.1 Å². The topological polar surface area (TPSA) is 50.4 Å². The zero-order chi connectivity index (χ0) is 8.69. The SMILES string of the molecule is C=CCNC(N)=NCC(F)F.I. The molecule has 72 valence electrons. The maximum atomic E-state index is 11.5. The van der Waals surface area contributed by atoms with Gasteiger partial charge in [0.2, 0.25) is 0 Å². The van der Waals surface area contributed by atoms with Crippen LogP contribution in [-0.2, 0) is 0 Å². The van der Waals surface area contributed by atoms with Crippen LogP contribution in [0.5, 0.6) is 0 Å². The fourth-order valence-corrected chi connectivity index (χ4v) is 0.400. The molecule has 0 bridgehead atoms. The Morgan fingerprint density at radius 1 is 1.67 bits per heavy atom. The van der Waals surface area contributed by atoms with Gasteiger partial charge in [-0.2, -0.15) is 0 Å². The quantitative estimate of drug-likeness (QED) is 0.351. The van der Waals surface area contributed by atoms with E-state index in [9.17, 15) is 8.78 Å². The molecule has 0 unspecified atom stereocenters. The molecule has 0 aromatic carbocycles. The molecule has 0 radical (unpaired) electrons. The second kappa shape index (κ2) is 8.69. The first-order valence-corrected chi connectivity index (χ1v) is 3.09. The molecule has 0 aliphatic rings. The van der Waals surface area contributed by atoms with Crippen molar-refractivity contribution in [2.75, 3.05) is 13.1 Å². The molecule has 0 rings (SSSR count). The van der Waals surface area contributed by atoms with E-state index in [0.717, 1.165) is 0 Å². The van der Waals surface area contributed by atoms with Crippen LogP contribution in [0.2, 0.25) is 0 Å². The standard InChI is InChI=1S/C6H11F2N3.HI/c1-2-3-10-6(9)11-4-5(7)8;/h2,5H,1,3-4H2,(H3,9,10,11);1H. The normalized spacial score (nSPS) is 10.8. The number of nitrogens with two attached hydrogens (primary N) is 1. The van der Waals surface area contributed by atoms with E-state index >= 15 is 0 Å². The third kappa shape index (κ3) is 9.60. The fraction of sp³-hybridized carbons (Fsp3) is 0.500. The number of alkyl halides is 2. The van der Waals surface area contributed by atoms with Crippen LogP contribution in [0.1, 0.15) is 0 Å². The molecule has 6 heteroatoms. The van der Waals surface area contributed by atoms with Gasteiger partial charge in [0.1, 0.15) is 6.54 Å². The monoisotopic (exact) mass is 291 g/mol. The lowest BCUT2D eigenvalue weighted by atomic mass is 10.6. The summed E-state index contributed by atoms with van der Waals surface area (Å²) in [6.45, 7) is 3.28. The Labute approximate surface area is 87.1 Å². The summed E-state index contributed by atoms with van der Waals surface area (Å²) in [5.74, 6) is 0.0187. The number of guanidine groups is 1.